The lowest BCUT2D eigenvalue weighted by molar-refractivity contribution is 0.313. The van der Waals surface area contributed by atoms with E-state index in [1.807, 2.05) is 30.6 Å². The molecule has 2 aliphatic heterocycles. The molecule has 35 heavy (non-hydrogen) atoms. The molecule has 9 heteroatoms. The van der Waals surface area contributed by atoms with Crippen molar-refractivity contribution in [2.75, 3.05) is 54.9 Å². The second-order valence-corrected chi connectivity index (χ2v) is 9.83. The molecule has 1 spiro atoms. The highest BCUT2D eigenvalue weighted by Crippen LogP contribution is 2.41. The van der Waals surface area contributed by atoms with Crippen molar-refractivity contribution < 1.29 is 4.42 Å². The Morgan fingerprint density at radius 3 is 2.57 bits per heavy atom. The number of anilines is 4. The maximum Gasteiger partial charge on any atom is 0.230 e. The van der Waals surface area contributed by atoms with Gasteiger partial charge >= 0.3 is 0 Å². The van der Waals surface area contributed by atoms with Gasteiger partial charge < -0.3 is 24.4 Å². The Morgan fingerprint density at radius 1 is 0.971 bits per heavy atom. The van der Waals surface area contributed by atoms with Gasteiger partial charge in [0.05, 0.1) is 35.8 Å². The third-order valence-electron chi connectivity index (χ3n) is 7.50. The summed E-state index contributed by atoms with van der Waals surface area (Å²) in [5.74, 6) is 3.06. The molecule has 1 saturated carbocycles. The van der Waals surface area contributed by atoms with Gasteiger partial charge in [-0.3, -0.25) is 4.99 Å². The average molecular weight is 473 g/mol. The van der Waals surface area contributed by atoms with Crippen molar-refractivity contribution in [3.8, 4) is 0 Å². The number of pyridine rings is 1. The molecule has 1 aliphatic carbocycles. The Kier molecular flexibility index (Phi) is 5.85. The van der Waals surface area contributed by atoms with Crippen LogP contribution in [0.1, 0.15) is 37.7 Å². The fourth-order valence-electron chi connectivity index (χ4n) is 5.50. The first-order chi connectivity index (χ1) is 17.2. The van der Waals surface area contributed by atoms with Crippen LogP contribution in [0, 0.1) is 0 Å². The van der Waals surface area contributed by atoms with Crippen molar-refractivity contribution in [3.63, 3.8) is 0 Å². The quantitative estimate of drug-likeness (QED) is 0.598. The summed E-state index contributed by atoms with van der Waals surface area (Å²) in [6.07, 6.45) is 13.1. The molecule has 9 nitrogen and oxygen atoms in total. The van der Waals surface area contributed by atoms with Crippen LogP contribution in [0.4, 0.5) is 23.3 Å². The van der Waals surface area contributed by atoms with Crippen LogP contribution in [0.2, 0.25) is 0 Å². The van der Waals surface area contributed by atoms with E-state index in [0.29, 0.717) is 5.95 Å². The summed E-state index contributed by atoms with van der Waals surface area (Å²) in [6.45, 7) is 4.98. The zero-order chi connectivity index (χ0) is 23.7. The van der Waals surface area contributed by atoms with Gasteiger partial charge in [0.2, 0.25) is 5.95 Å². The molecule has 0 atom stereocenters. The van der Waals surface area contributed by atoms with E-state index < -0.39 is 0 Å². The molecule has 0 radical (unpaired) electrons. The molecule has 6 rings (SSSR count). The maximum absolute atomic E-state index is 5.38. The highest BCUT2D eigenvalue weighted by Gasteiger charge is 2.45. The second-order valence-electron chi connectivity index (χ2n) is 9.83. The summed E-state index contributed by atoms with van der Waals surface area (Å²) in [6, 6.07) is 8.07. The molecule has 182 valence electrons. The number of furan rings is 1. The lowest BCUT2D eigenvalue weighted by Gasteiger charge is -2.42. The minimum atomic E-state index is -0.0289. The van der Waals surface area contributed by atoms with E-state index in [1.165, 1.54) is 19.3 Å². The van der Waals surface area contributed by atoms with Gasteiger partial charge in [0.1, 0.15) is 23.7 Å². The van der Waals surface area contributed by atoms with Gasteiger partial charge in [0.15, 0.2) is 0 Å². The zero-order valence-corrected chi connectivity index (χ0v) is 20.2. The molecular weight excluding hydrogens is 440 g/mol. The van der Waals surface area contributed by atoms with E-state index in [0.717, 1.165) is 74.3 Å². The summed E-state index contributed by atoms with van der Waals surface area (Å²) in [7, 11) is 2.17. The number of hydrogen-bond acceptors (Lipinski definition) is 9. The van der Waals surface area contributed by atoms with Crippen molar-refractivity contribution in [1.82, 2.24) is 19.9 Å². The standard InChI is InChI=1S/C26H32N8O/c1-32-12-14-33(15-13-32)21-5-6-22(28-17-21)30-25-27-11-7-23(31-25)34-24(20-8-16-35-18-20)29-19-26(34)9-3-2-4-10-26/h5-8,11,16-18H,2-4,9-10,12-15,19H2,1H3,(H,27,28,30,31). The number of nitrogens with zero attached hydrogens (tertiary/aromatic N) is 7. The number of amidine groups is 1. The largest absolute Gasteiger partial charge is 0.472 e. The first-order valence-corrected chi connectivity index (χ1v) is 12.6. The minimum Gasteiger partial charge on any atom is -0.472 e. The van der Waals surface area contributed by atoms with Crippen LogP contribution in [0.5, 0.6) is 0 Å². The van der Waals surface area contributed by atoms with Gasteiger partial charge in [-0.25, -0.2) is 9.97 Å². The summed E-state index contributed by atoms with van der Waals surface area (Å²) < 4.78 is 5.38. The van der Waals surface area contributed by atoms with Crippen LogP contribution < -0.4 is 15.1 Å². The van der Waals surface area contributed by atoms with Crippen LogP contribution >= 0.6 is 0 Å². The molecule has 3 aromatic rings. The van der Waals surface area contributed by atoms with Gasteiger partial charge in [-0.05, 0) is 44.2 Å². The number of nitrogens with one attached hydrogen (secondary N) is 1. The number of rotatable bonds is 5. The predicted molar refractivity (Wildman–Crippen MR) is 138 cm³/mol. The van der Waals surface area contributed by atoms with E-state index in [9.17, 15) is 0 Å². The van der Waals surface area contributed by atoms with Gasteiger partial charge in [0, 0.05) is 32.4 Å². The Bertz CT molecular complexity index is 1160. The van der Waals surface area contributed by atoms with E-state index in [4.69, 9.17) is 14.4 Å². The molecule has 0 aromatic carbocycles. The number of aliphatic imine (C=N–C) groups is 1. The summed E-state index contributed by atoms with van der Waals surface area (Å²) in [5, 5.41) is 3.30. The van der Waals surface area contributed by atoms with Crippen LogP contribution in [0.3, 0.4) is 0 Å². The number of hydrogen-bond donors (Lipinski definition) is 1. The zero-order valence-electron chi connectivity index (χ0n) is 20.2. The Hall–Kier alpha value is -3.46. The highest BCUT2D eigenvalue weighted by atomic mass is 16.3. The van der Waals surface area contributed by atoms with Crippen LogP contribution in [0.25, 0.3) is 0 Å². The van der Waals surface area contributed by atoms with E-state index >= 15 is 0 Å². The molecular formula is C26H32N8O. The number of piperazine rings is 1. The molecule has 1 N–H and O–H groups in total. The molecule has 0 unspecified atom stereocenters. The van der Waals surface area contributed by atoms with Gasteiger partial charge in [-0.1, -0.05) is 19.3 Å². The number of likely N-dealkylation sites (N-methyl/N-ethyl adjacent to an activating group) is 1. The van der Waals surface area contributed by atoms with Crippen molar-refractivity contribution in [1.29, 1.82) is 0 Å². The van der Waals surface area contributed by atoms with E-state index in [1.54, 1.807) is 12.5 Å². The topological polar surface area (TPSA) is 85.9 Å². The molecule has 1 saturated heterocycles. The summed E-state index contributed by atoms with van der Waals surface area (Å²) in [5.41, 5.74) is 2.11. The molecule has 0 amide bonds. The summed E-state index contributed by atoms with van der Waals surface area (Å²) in [4.78, 5) is 26.1. The van der Waals surface area contributed by atoms with E-state index in [2.05, 4.69) is 43.1 Å². The Morgan fingerprint density at radius 2 is 1.83 bits per heavy atom. The molecule has 3 aliphatic rings. The fourth-order valence-corrected chi connectivity index (χ4v) is 5.50. The third-order valence-corrected chi connectivity index (χ3v) is 7.50. The van der Waals surface area contributed by atoms with Crippen molar-refractivity contribution in [2.45, 2.75) is 37.6 Å². The Labute approximate surface area is 205 Å². The highest BCUT2D eigenvalue weighted by molar-refractivity contribution is 6.11. The monoisotopic (exact) mass is 472 g/mol. The predicted octanol–water partition coefficient (Wildman–Crippen LogP) is 3.93. The van der Waals surface area contributed by atoms with Crippen LogP contribution in [-0.4, -0.2) is 71.0 Å². The smallest absolute Gasteiger partial charge is 0.230 e. The molecule has 5 heterocycles. The fraction of sp³-hybridized carbons (Fsp3) is 0.462. The average Bonchev–Trinajstić information content (AvgIpc) is 3.54. The lowest BCUT2D eigenvalue weighted by Crippen LogP contribution is -2.51. The number of aromatic nitrogens is 3. The van der Waals surface area contributed by atoms with Crippen molar-refractivity contribution in [2.24, 2.45) is 4.99 Å². The SMILES string of the molecule is CN1CCN(c2ccc(Nc3nccc(N4C(c5ccoc5)=NCC45CCCCC5)n3)nc2)CC1. The van der Waals surface area contributed by atoms with Gasteiger partial charge in [-0.15, -0.1) is 0 Å². The van der Waals surface area contributed by atoms with Crippen LogP contribution in [0.15, 0.2) is 58.6 Å². The van der Waals surface area contributed by atoms with Gasteiger partial charge in [-0.2, -0.15) is 4.98 Å². The second kappa shape index (κ2) is 9.30. The maximum atomic E-state index is 5.38. The molecule has 0 bridgehead atoms. The van der Waals surface area contributed by atoms with Crippen molar-refractivity contribution >= 4 is 29.1 Å². The van der Waals surface area contributed by atoms with Crippen LogP contribution in [-0.2, 0) is 0 Å². The first-order valence-electron chi connectivity index (χ1n) is 12.6. The minimum absolute atomic E-state index is 0.0289. The lowest BCUT2D eigenvalue weighted by atomic mass is 9.81. The van der Waals surface area contributed by atoms with Crippen molar-refractivity contribution in [3.05, 3.63) is 54.7 Å². The summed E-state index contributed by atoms with van der Waals surface area (Å²) >= 11 is 0. The Balaban J connectivity index is 1.24. The molecule has 2 fully saturated rings. The van der Waals surface area contributed by atoms with Gasteiger partial charge in [0.25, 0.3) is 0 Å². The first kappa shape index (κ1) is 22.0. The molecule has 3 aromatic heterocycles. The normalized spacial score (nSPS) is 20.3. The van der Waals surface area contributed by atoms with E-state index in [-0.39, 0.29) is 5.54 Å². The third kappa shape index (κ3) is 4.36.